The Bertz CT molecular complexity index is 790. The quantitative estimate of drug-likeness (QED) is 0.419. The molecule has 0 unspecified atom stereocenters. The van der Waals surface area contributed by atoms with Crippen molar-refractivity contribution < 1.29 is 19.2 Å². The van der Waals surface area contributed by atoms with Gasteiger partial charge in [0, 0.05) is 35.8 Å². The number of carbonyl (C=O) groups is 2. The number of methoxy groups -OCH3 is 1. The molecule has 2 aromatic carbocycles. The number of nitro benzene ring substituents is 1. The lowest BCUT2D eigenvalue weighted by molar-refractivity contribution is -0.384. The topological polar surface area (TPSA) is 89.8 Å². The maximum atomic E-state index is 12.8. The summed E-state index contributed by atoms with van der Waals surface area (Å²) in [6.45, 7) is 0.426. The van der Waals surface area contributed by atoms with Gasteiger partial charge in [-0.3, -0.25) is 19.7 Å². The Hall–Kier alpha value is -2.93. The van der Waals surface area contributed by atoms with Gasteiger partial charge in [0.15, 0.2) is 0 Å². The maximum absolute atomic E-state index is 12.8. The summed E-state index contributed by atoms with van der Waals surface area (Å²) in [7, 11) is 1.28. The summed E-state index contributed by atoms with van der Waals surface area (Å²) in [6, 6.07) is 12.3. The van der Waals surface area contributed by atoms with E-state index in [1.165, 1.54) is 36.3 Å². The van der Waals surface area contributed by atoms with Crippen LogP contribution in [-0.4, -0.2) is 35.4 Å². The molecule has 0 saturated carbocycles. The minimum atomic E-state index is -0.531. The van der Waals surface area contributed by atoms with Gasteiger partial charge in [0.25, 0.3) is 11.6 Å². The molecular weight excluding hydrogens is 360 g/mol. The summed E-state index contributed by atoms with van der Waals surface area (Å²) in [5, 5.41) is 11.3. The molecule has 0 heterocycles. The molecule has 1 amide bonds. The molecule has 0 atom stereocenters. The molecule has 8 heteroatoms. The van der Waals surface area contributed by atoms with Crippen LogP contribution >= 0.6 is 11.6 Å². The summed E-state index contributed by atoms with van der Waals surface area (Å²) in [5.41, 5.74) is 1.05. The van der Waals surface area contributed by atoms with Crippen molar-refractivity contribution in [2.45, 2.75) is 13.0 Å². The molecule has 7 nitrogen and oxygen atoms in total. The van der Waals surface area contributed by atoms with Crippen molar-refractivity contribution in [1.29, 1.82) is 0 Å². The first-order valence-electron chi connectivity index (χ1n) is 7.75. The second-order valence-electron chi connectivity index (χ2n) is 5.48. The number of non-ortho nitro benzene ring substituents is 1. The lowest BCUT2D eigenvalue weighted by Crippen LogP contribution is -2.32. The lowest BCUT2D eigenvalue weighted by atomic mass is 10.1. The van der Waals surface area contributed by atoms with Gasteiger partial charge in [-0.1, -0.05) is 23.7 Å². The largest absolute Gasteiger partial charge is 0.469 e. The smallest absolute Gasteiger partial charge is 0.307 e. The predicted octanol–water partition coefficient (Wildman–Crippen LogP) is 3.45. The number of nitro groups is 1. The molecule has 26 heavy (non-hydrogen) atoms. The Morgan fingerprint density at radius 3 is 2.27 bits per heavy atom. The van der Waals surface area contributed by atoms with E-state index in [9.17, 15) is 19.7 Å². The fourth-order valence-electron chi connectivity index (χ4n) is 2.30. The number of hydrogen-bond acceptors (Lipinski definition) is 5. The summed E-state index contributed by atoms with van der Waals surface area (Å²) in [6.07, 6.45) is 0.0445. The third-order valence-electron chi connectivity index (χ3n) is 3.71. The van der Waals surface area contributed by atoms with Crippen LogP contribution in [-0.2, 0) is 16.1 Å². The third-order valence-corrected chi connectivity index (χ3v) is 3.96. The van der Waals surface area contributed by atoms with Crippen LogP contribution in [0.1, 0.15) is 22.3 Å². The van der Waals surface area contributed by atoms with Gasteiger partial charge in [0.1, 0.15) is 0 Å². The fourth-order valence-corrected chi connectivity index (χ4v) is 2.43. The van der Waals surface area contributed by atoms with Crippen molar-refractivity contribution in [1.82, 2.24) is 4.90 Å². The first-order chi connectivity index (χ1) is 12.4. The molecule has 0 aliphatic carbocycles. The van der Waals surface area contributed by atoms with Gasteiger partial charge >= 0.3 is 5.97 Å². The Kier molecular flexibility index (Phi) is 6.68. The molecule has 0 bridgehead atoms. The van der Waals surface area contributed by atoms with Crippen molar-refractivity contribution in [3.63, 3.8) is 0 Å². The number of carbonyl (C=O) groups excluding carboxylic acids is 2. The first-order valence-corrected chi connectivity index (χ1v) is 8.13. The van der Waals surface area contributed by atoms with E-state index < -0.39 is 10.9 Å². The predicted molar refractivity (Wildman–Crippen MR) is 95.9 cm³/mol. The van der Waals surface area contributed by atoms with Gasteiger partial charge in [-0.05, 0) is 29.8 Å². The zero-order chi connectivity index (χ0) is 19.1. The number of benzene rings is 2. The lowest BCUT2D eigenvalue weighted by Gasteiger charge is -2.22. The number of ether oxygens (including phenoxy) is 1. The molecule has 136 valence electrons. The first kappa shape index (κ1) is 19.4. The van der Waals surface area contributed by atoms with Gasteiger partial charge in [-0.25, -0.2) is 0 Å². The number of nitrogens with zero attached hydrogens (tertiary/aromatic N) is 2. The van der Waals surface area contributed by atoms with Crippen LogP contribution in [0.5, 0.6) is 0 Å². The molecule has 0 aliphatic heterocycles. The molecule has 0 saturated heterocycles. The van der Waals surface area contributed by atoms with E-state index in [-0.39, 0.29) is 31.1 Å². The van der Waals surface area contributed by atoms with Gasteiger partial charge in [0.05, 0.1) is 18.5 Å². The number of halogens is 1. The third kappa shape index (κ3) is 5.29. The highest BCUT2D eigenvalue weighted by Crippen LogP contribution is 2.17. The highest BCUT2D eigenvalue weighted by atomic mass is 35.5. The number of amides is 1. The minimum Gasteiger partial charge on any atom is -0.469 e. The van der Waals surface area contributed by atoms with E-state index >= 15 is 0 Å². The van der Waals surface area contributed by atoms with E-state index in [1.54, 1.807) is 24.3 Å². The molecule has 0 N–H and O–H groups in total. The van der Waals surface area contributed by atoms with Crippen LogP contribution < -0.4 is 0 Å². The summed E-state index contributed by atoms with van der Waals surface area (Å²) in [4.78, 5) is 35.9. The van der Waals surface area contributed by atoms with Crippen LogP contribution in [0.15, 0.2) is 48.5 Å². The SMILES string of the molecule is COC(=O)CCN(Cc1ccc(Cl)cc1)C(=O)c1ccc([N+](=O)[O-])cc1. The van der Waals surface area contributed by atoms with Crippen LogP contribution in [0.4, 0.5) is 5.69 Å². The average molecular weight is 377 g/mol. The fraction of sp³-hybridized carbons (Fsp3) is 0.222. The maximum Gasteiger partial charge on any atom is 0.307 e. The highest BCUT2D eigenvalue weighted by molar-refractivity contribution is 6.30. The van der Waals surface area contributed by atoms with Gasteiger partial charge < -0.3 is 9.64 Å². The second kappa shape index (κ2) is 8.96. The molecular formula is C18H17ClN2O5. The van der Waals surface area contributed by atoms with Crippen LogP contribution in [0.2, 0.25) is 5.02 Å². The van der Waals surface area contributed by atoms with Crippen molar-refractivity contribution >= 4 is 29.2 Å². The number of esters is 1. The van der Waals surface area contributed by atoms with Crippen molar-refractivity contribution in [3.8, 4) is 0 Å². The second-order valence-corrected chi connectivity index (χ2v) is 5.92. The molecule has 0 spiro atoms. The van der Waals surface area contributed by atoms with Crippen molar-refractivity contribution in [2.24, 2.45) is 0 Å². The zero-order valence-corrected chi connectivity index (χ0v) is 14.8. The standard InChI is InChI=1S/C18H17ClN2O5/c1-26-17(22)10-11-20(12-13-2-6-15(19)7-3-13)18(23)14-4-8-16(9-5-14)21(24)25/h2-9H,10-12H2,1H3. The van der Waals surface area contributed by atoms with E-state index in [4.69, 9.17) is 11.6 Å². The molecule has 0 radical (unpaired) electrons. The highest BCUT2D eigenvalue weighted by Gasteiger charge is 2.18. The summed E-state index contributed by atoms with van der Waals surface area (Å²) < 4.78 is 4.62. The summed E-state index contributed by atoms with van der Waals surface area (Å²) in [5.74, 6) is -0.763. The Balaban J connectivity index is 2.20. The average Bonchev–Trinajstić information content (AvgIpc) is 2.65. The van der Waals surface area contributed by atoms with E-state index in [0.717, 1.165) is 5.56 Å². The number of rotatable bonds is 7. The minimum absolute atomic E-state index is 0.0445. The van der Waals surface area contributed by atoms with E-state index in [0.29, 0.717) is 10.6 Å². The molecule has 2 rings (SSSR count). The summed E-state index contributed by atoms with van der Waals surface area (Å²) >= 11 is 5.87. The molecule has 0 aliphatic rings. The normalized spacial score (nSPS) is 10.2. The van der Waals surface area contributed by atoms with Crippen molar-refractivity contribution in [2.75, 3.05) is 13.7 Å². The number of hydrogen-bond donors (Lipinski definition) is 0. The Labute approximate surface area is 155 Å². The van der Waals surface area contributed by atoms with Crippen LogP contribution in [0, 0.1) is 10.1 Å². The van der Waals surface area contributed by atoms with Crippen LogP contribution in [0.3, 0.4) is 0 Å². The Morgan fingerprint density at radius 1 is 1.12 bits per heavy atom. The Morgan fingerprint density at radius 2 is 1.73 bits per heavy atom. The van der Waals surface area contributed by atoms with Crippen LogP contribution in [0.25, 0.3) is 0 Å². The van der Waals surface area contributed by atoms with Crippen molar-refractivity contribution in [3.05, 3.63) is 74.8 Å². The van der Waals surface area contributed by atoms with Gasteiger partial charge in [0.2, 0.25) is 0 Å². The molecule has 0 fully saturated rings. The molecule has 2 aromatic rings. The monoisotopic (exact) mass is 376 g/mol. The van der Waals surface area contributed by atoms with Gasteiger partial charge in [-0.15, -0.1) is 0 Å². The molecule has 0 aromatic heterocycles. The van der Waals surface area contributed by atoms with E-state index in [1.807, 2.05) is 0 Å². The van der Waals surface area contributed by atoms with E-state index in [2.05, 4.69) is 4.74 Å². The zero-order valence-electron chi connectivity index (χ0n) is 14.1. The van der Waals surface area contributed by atoms with Gasteiger partial charge in [-0.2, -0.15) is 0 Å².